The Morgan fingerprint density at radius 2 is 1.00 bits per heavy atom. The molecule has 38 heavy (non-hydrogen) atoms. The van der Waals surface area contributed by atoms with Crippen LogP contribution < -0.4 is 22.1 Å². The Morgan fingerprint density at radius 1 is 0.658 bits per heavy atom. The third-order valence-corrected chi connectivity index (χ3v) is 6.75. The Bertz CT molecular complexity index is 1240. The van der Waals surface area contributed by atoms with Crippen molar-refractivity contribution in [3.05, 3.63) is 129 Å². The van der Waals surface area contributed by atoms with Gasteiger partial charge >= 0.3 is 11.9 Å². The fraction of sp³-hybridized carbons (Fsp3) is 0.0690. The molecule has 9 heteroatoms. The van der Waals surface area contributed by atoms with Crippen molar-refractivity contribution in [2.75, 3.05) is 0 Å². The highest BCUT2D eigenvalue weighted by molar-refractivity contribution is 7.80. The maximum Gasteiger partial charge on any atom is 0.347 e. The fourth-order valence-electron chi connectivity index (χ4n) is 3.18. The minimum Gasteiger partial charge on any atom is -0.386 e. The molecule has 0 amide bonds. The van der Waals surface area contributed by atoms with Crippen LogP contribution in [0.2, 0.25) is 10.0 Å². The predicted octanol–water partition coefficient (Wildman–Crippen LogP) is 6.11. The normalized spacial score (nSPS) is 9.68. The van der Waals surface area contributed by atoms with Crippen molar-refractivity contribution in [3.63, 3.8) is 0 Å². The quantitative estimate of drug-likeness (QED) is 0.130. The van der Waals surface area contributed by atoms with Gasteiger partial charge in [-0.2, -0.15) is 0 Å². The molecule has 0 heterocycles. The van der Waals surface area contributed by atoms with Gasteiger partial charge in [0.25, 0.3) is 0 Å². The van der Waals surface area contributed by atoms with Gasteiger partial charge in [0.2, 0.25) is 0 Å². The first-order valence-corrected chi connectivity index (χ1v) is 13.4. The van der Waals surface area contributed by atoms with Gasteiger partial charge in [0.05, 0.1) is 21.2 Å². The molecule has 0 atom stereocenters. The van der Waals surface area contributed by atoms with Gasteiger partial charge in [-0.05, 0) is 59.9 Å². The van der Waals surface area contributed by atoms with Gasteiger partial charge in [-0.1, -0.05) is 117 Å². The molecule has 4 N–H and O–H groups in total. The molecule has 0 spiro atoms. The molecule has 196 valence electrons. The zero-order chi connectivity index (χ0) is 28.1. The van der Waals surface area contributed by atoms with E-state index >= 15 is 0 Å². The number of benzene rings is 4. The largest absolute Gasteiger partial charge is 0.386 e. The Hall–Kier alpha value is -3.28. The number of esters is 2. The van der Waals surface area contributed by atoms with E-state index in [0.717, 1.165) is 8.58 Å². The van der Waals surface area contributed by atoms with Crippen molar-refractivity contribution < 1.29 is 14.3 Å². The number of carbonyl (C=O) groups is 2. The summed E-state index contributed by atoms with van der Waals surface area (Å²) in [5.74, 6) is -1.58. The SMILES string of the molecule is Cc1cccc(Cl)c1C(=O)OC(=O)c1c(C)cccc1Cl.NC(N)=S.c1ccc(Pc2ccccc2)cc1. The molecule has 5 nitrogen and oxygen atoms in total. The second-order valence-corrected chi connectivity index (χ2v) is 10.5. The van der Waals surface area contributed by atoms with Crippen molar-refractivity contribution in [2.45, 2.75) is 13.8 Å². The second kappa shape index (κ2) is 15.9. The van der Waals surface area contributed by atoms with Gasteiger partial charge in [-0.3, -0.25) is 0 Å². The average Bonchev–Trinajstić information content (AvgIpc) is 2.85. The van der Waals surface area contributed by atoms with Crippen LogP contribution in [0.5, 0.6) is 0 Å². The number of aryl methyl sites for hydroxylation is 2. The predicted molar refractivity (Wildman–Crippen MR) is 164 cm³/mol. The summed E-state index contributed by atoms with van der Waals surface area (Å²) < 4.78 is 4.90. The molecular formula is C29H27Cl2N2O3PS. The van der Waals surface area contributed by atoms with Crippen molar-refractivity contribution >= 4 is 71.7 Å². The molecule has 0 bridgehead atoms. The van der Waals surface area contributed by atoms with E-state index in [1.165, 1.54) is 10.6 Å². The molecule has 0 saturated heterocycles. The van der Waals surface area contributed by atoms with E-state index in [-0.39, 0.29) is 26.3 Å². The summed E-state index contributed by atoms with van der Waals surface area (Å²) in [4.78, 5) is 24.2. The lowest BCUT2D eigenvalue weighted by Gasteiger charge is -2.09. The van der Waals surface area contributed by atoms with Crippen molar-refractivity contribution in [3.8, 4) is 0 Å². The number of thiocarbonyl (C=S) groups is 1. The van der Waals surface area contributed by atoms with Crippen molar-refractivity contribution in [2.24, 2.45) is 11.5 Å². The van der Waals surface area contributed by atoms with E-state index in [2.05, 4.69) is 84.3 Å². The van der Waals surface area contributed by atoms with Gasteiger partial charge < -0.3 is 16.2 Å². The Morgan fingerprint density at radius 3 is 1.32 bits per heavy atom. The zero-order valence-electron chi connectivity index (χ0n) is 20.8. The summed E-state index contributed by atoms with van der Waals surface area (Å²) in [5.41, 5.74) is 10.9. The number of ether oxygens (including phenoxy) is 1. The Balaban J connectivity index is 0.000000253. The van der Waals surface area contributed by atoms with E-state index in [9.17, 15) is 9.59 Å². The van der Waals surface area contributed by atoms with Crippen LogP contribution in [0.25, 0.3) is 0 Å². The third-order valence-electron chi connectivity index (χ3n) is 4.87. The summed E-state index contributed by atoms with van der Waals surface area (Å²) in [6, 6.07) is 31.1. The summed E-state index contributed by atoms with van der Waals surface area (Å²) in [5, 5.41) is 3.27. The fourth-order valence-corrected chi connectivity index (χ4v) is 4.83. The number of hydrogen-bond acceptors (Lipinski definition) is 4. The van der Waals surface area contributed by atoms with Crippen molar-refractivity contribution in [1.82, 2.24) is 0 Å². The maximum atomic E-state index is 12.1. The molecule has 0 aliphatic heterocycles. The molecule has 0 radical (unpaired) electrons. The van der Waals surface area contributed by atoms with Crippen LogP contribution in [-0.2, 0) is 4.74 Å². The molecule has 0 aliphatic rings. The van der Waals surface area contributed by atoms with Crippen molar-refractivity contribution in [1.29, 1.82) is 0 Å². The van der Waals surface area contributed by atoms with E-state index in [1.807, 2.05) is 0 Å². The Labute approximate surface area is 239 Å². The topological polar surface area (TPSA) is 95.4 Å². The highest BCUT2D eigenvalue weighted by Gasteiger charge is 2.22. The molecule has 0 fully saturated rings. The van der Waals surface area contributed by atoms with Crippen LogP contribution in [0.15, 0.2) is 97.1 Å². The van der Waals surface area contributed by atoms with Crippen LogP contribution >= 0.6 is 44.0 Å². The first-order chi connectivity index (χ1) is 18.1. The summed E-state index contributed by atoms with van der Waals surface area (Å²) in [7, 11) is 0.777. The molecule has 4 rings (SSSR count). The highest BCUT2D eigenvalue weighted by atomic mass is 35.5. The second-order valence-electron chi connectivity index (χ2n) is 7.80. The van der Waals surface area contributed by atoms with Gasteiger partial charge in [0, 0.05) is 0 Å². The lowest BCUT2D eigenvalue weighted by molar-refractivity contribution is 0.0397. The maximum absolute atomic E-state index is 12.1. The van der Waals surface area contributed by atoms with E-state index in [1.54, 1.807) is 50.2 Å². The first-order valence-electron chi connectivity index (χ1n) is 11.3. The van der Waals surface area contributed by atoms with Gasteiger partial charge in [-0.25, -0.2) is 9.59 Å². The van der Waals surface area contributed by atoms with E-state index in [4.69, 9.17) is 27.9 Å². The van der Waals surface area contributed by atoms with Crippen LogP contribution in [0.1, 0.15) is 31.8 Å². The molecule has 4 aromatic rings. The van der Waals surface area contributed by atoms with Crippen LogP contribution in [0.3, 0.4) is 0 Å². The molecule has 0 aromatic heterocycles. The van der Waals surface area contributed by atoms with E-state index in [0.29, 0.717) is 11.1 Å². The highest BCUT2D eigenvalue weighted by Crippen LogP contribution is 2.24. The lowest BCUT2D eigenvalue weighted by atomic mass is 10.1. The average molecular weight is 585 g/mol. The summed E-state index contributed by atoms with van der Waals surface area (Å²) in [6.45, 7) is 3.43. The minimum atomic E-state index is -0.789. The van der Waals surface area contributed by atoms with Crippen LogP contribution in [-0.4, -0.2) is 17.1 Å². The van der Waals surface area contributed by atoms with E-state index < -0.39 is 11.9 Å². The van der Waals surface area contributed by atoms with Crippen LogP contribution in [0, 0.1) is 13.8 Å². The molecule has 0 aliphatic carbocycles. The van der Waals surface area contributed by atoms with Gasteiger partial charge in [0.15, 0.2) is 5.11 Å². The van der Waals surface area contributed by atoms with Gasteiger partial charge in [0.1, 0.15) is 0 Å². The molecule has 0 saturated carbocycles. The first kappa shape index (κ1) is 30.9. The molecular weight excluding hydrogens is 558 g/mol. The standard InChI is InChI=1S/C16H12Cl2O3.C12H11P.CH4N2S/c1-9-5-3-7-11(17)13(9)15(19)21-16(20)14-10(2)6-4-8-12(14)18;1-3-7-11(8-4-1)13-12-9-5-2-6-10-12;2-1(3)4/h3-8H,1-2H3;1-10,13H;(H4,2,3,4). The Kier molecular flexibility index (Phi) is 12.9. The molecule has 0 unspecified atom stereocenters. The minimum absolute atomic E-state index is 0.000000000000000222. The smallest absolute Gasteiger partial charge is 0.347 e. The molecule has 4 aromatic carbocycles. The third kappa shape index (κ3) is 10.2. The van der Waals surface area contributed by atoms with Gasteiger partial charge in [-0.15, -0.1) is 0 Å². The monoisotopic (exact) mass is 584 g/mol. The lowest BCUT2D eigenvalue weighted by Crippen LogP contribution is -2.18. The summed E-state index contributed by atoms with van der Waals surface area (Å²) in [6.07, 6.45) is 0. The number of hydrogen-bond donors (Lipinski definition) is 2. The number of nitrogens with two attached hydrogens (primary N) is 2. The number of halogens is 2. The van der Waals surface area contributed by atoms with Crippen LogP contribution in [0.4, 0.5) is 0 Å². The summed E-state index contributed by atoms with van der Waals surface area (Å²) >= 11 is 16.0. The zero-order valence-corrected chi connectivity index (χ0v) is 24.1. The number of rotatable bonds is 4. The number of carbonyl (C=O) groups excluding carboxylic acids is 2.